The molecule has 6 heteroatoms. The number of nitrogens with zero attached hydrogens (tertiary/aromatic N) is 1. The number of ether oxygens (including phenoxy) is 2. The minimum absolute atomic E-state index is 0.216. The predicted octanol–water partition coefficient (Wildman–Crippen LogP) is 2.55. The van der Waals surface area contributed by atoms with E-state index in [4.69, 9.17) is 9.47 Å². The van der Waals surface area contributed by atoms with Gasteiger partial charge in [-0.15, -0.1) is 0 Å². The molecular weight excluding hydrogens is 336 g/mol. The number of hydrogen-bond acceptors (Lipinski definition) is 4. The lowest BCUT2D eigenvalue weighted by Crippen LogP contribution is -2.24. The van der Waals surface area contributed by atoms with Crippen LogP contribution in [0.5, 0.6) is 11.5 Å². The van der Waals surface area contributed by atoms with E-state index in [0.29, 0.717) is 31.2 Å². The number of hydrogen-bond donors (Lipinski definition) is 1. The van der Waals surface area contributed by atoms with Crippen LogP contribution < -0.4 is 14.8 Å². The Balaban J connectivity index is 1.66. The molecule has 108 valence electrons. The van der Waals surface area contributed by atoms with Gasteiger partial charge in [-0.05, 0) is 29.8 Å². The SMILES string of the molecule is O=C(NCc1ccc2c(c1)OCCO2)c1cc(Br)ccn1. The van der Waals surface area contributed by atoms with Crippen molar-refractivity contribution in [1.82, 2.24) is 10.3 Å². The minimum atomic E-state index is -0.216. The van der Waals surface area contributed by atoms with Crippen LogP contribution in [-0.2, 0) is 6.54 Å². The molecule has 3 rings (SSSR count). The Morgan fingerprint density at radius 3 is 2.81 bits per heavy atom. The third-order valence-electron chi connectivity index (χ3n) is 3.01. The monoisotopic (exact) mass is 348 g/mol. The lowest BCUT2D eigenvalue weighted by atomic mass is 10.2. The Labute approximate surface area is 130 Å². The molecule has 1 aliphatic rings. The van der Waals surface area contributed by atoms with E-state index in [0.717, 1.165) is 15.8 Å². The first kappa shape index (κ1) is 13.9. The zero-order valence-corrected chi connectivity index (χ0v) is 12.7. The number of rotatable bonds is 3. The van der Waals surface area contributed by atoms with E-state index >= 15 is 0 Å². The summed E-state index contributed by atoms with van der Waals surface area (Å²) in [6, 6.07) is 9.09. The van der Waals surface area contributed by atoms with Gasteiger partial charge in [-0.3, -0.25) is 9.78 Å². The van der Waals surface area contributed by atoms with Crippen LogP contribution in [0.4, 0.5) is 0 Å². The van der Waals surface area contributed by atoms with Gasteiger partial charge in [0.25, 0.3) is 5.91 Å². The van der Waals surface area contributed by atoms with Crippen LogP contribution in [0.3, 0.4) is 0 Å². The average molecular weight is 349 g/mol. The van der Waals surface area contributed by atoms with Crippen molar-refractivity contribution in [2.75, 3.05) is 13.2 Å². The van der Waals surface area contributed by atoms with Crippen molar-refractivity contribution in [1.29, 1.82) is 0 Å². The van der Waals surface area contributed by atoms with Gasteiger partial charge in [0, 0.05) is 17.2 Å². The zero-order chi connectivity index (χ0) is 14.7. The number of aromatic nitrogens is 1. The van der Waals surface area contributed by atoms with Gasteiger partial charge in [-0.1, -0.05) is 22.0 Å². The largest absolute Gasteiger partial charge is 0.486 e. The number of fused-ring (bicyclic) bond motifs is 1. The van der Waals surface area contributed by atoms with Crippen LogP contribution in [0.25, 0.3) is 0 Å². The molecule has 0 saturated heterocycles. The van der Waals surface area contributed by atoms with E-state index in [2.05, 4.69) is 26.2 Å². The van der Waals surface area contributed by atoms with Crippen LogP contribution in [0.1, 0.15) is 16.1 Å². The number of halogens is 1. The highest BCUT2D eigenvalue weighted by Crippen LogP contribution is 2.30. The number of carbonyl (C=O) groups is 1. The van der Waals surface area contributed by atoms with Crippen molar-refractivity contribution in [2.45, 2.75) is 6.54 Å². The lowest BCUT2D eigenvalue weighted by Gasteiger charge is -2.18. The van der Waals surface area contributed by atoms with Gasteiger partial charge in [0.1, 0.15) is 18.9 Å². The molecule has 0 spiro atoms. The summed E-state index contributed by atoms with van der Waals surface area (Å²) in [5.74, 6) is 1.24. The summed E-state index contributed by atoms with van der Waals surface area (Å²) in [5.41, 5.74) is 1.32. The van der Waals surface area contributed by atoms with Crippen LogP contribution in [0.15, 0.2) is 41.0 Å². The van der Waals surface area contributed by atoms with E-state index in [1.54, 1.807) is 18.3 Å². The summed E-state index contributed by atoms with van der Waals surface area (Å²) >= 11 is 3.32. The topological polar surface area (TPSA) is 60.5 Å². The minimum Gasteiger partial charge on any atom is -0.486 e. The molecule has 5 nitrogen and oxygen atoms in total. The molecule has 0 bridgehead atoms. The second-order valence-corrected chi connectivity index (χ2v) is 5.44. The average Bonchev–Trinajstić information content (AvgIpc) is 2.52. The van der Waals surface area contributed by atoms with Crippen molar-refractivity contribution in [2.24, 2.45) is 0 Å². The quantitative estimate of drug-likeness (QED) is 0.925. The van der Waals surface area contributed by atoms with Crippen molar-refractivity contribution < 1.29 is 14.3 Å². The van der Waals surface area contributed by atoms with E-state index in [-0.39, 0.29) is 5.91 Å². The van der Waals surface area contributed by atoms with Gasteiger partial charge in [0.2, 0.25) is 0 Å². The Morgan fingerprint density at radius 1 is 1.19 bits per heavy atom. The fourth-order valence-corrected chi connectivity index (χ4v) is 2.33. The molecule has 1 aromatic carbocycles. The van der Waals surface area contributed by atoms with Crippen LogP contribution >= 0.6 is 15.9 Å². The lowest BCUT2D eigenvalue weighted by molar-refractivity contribution is 0.0945. The van der Waals surface area contributed by atoms with Gasteiger partial charge in [0.15, 0.2) is 11.5 Å². The highest BCUT2D eigenvalue weighted by Gasteiger charge is 2.12. The number of carbonyl (C=O) groups excluding carboxylic acids is 1. The summed E-state index contributed by atoms with van der Waals surface area (Å²) in [5, 5.41) is 2.83. The molecule has 1 N–H and O–H groups in total. The van der Waals surface area contributed by atoms with E-state index in [1.165, 1.54) is 0 Å². The fourth-order valence-electron chi connectivity index (χ4n) is 2.00. The number of amides is 1. The predicted molar refractivity (Wildman–Crippen MR) is 80.5 cm³/mol. The highest BCUT2D eigenvalue weighted by molar-refractivity contribution is 9.10. The van der Waals surface area contributed by atoms with E-state index in [1.807, 2.05) is 18.2 Å². The summed E-state index contributed by atoms with van der Waals surface area (Å²) in [6.45, 7) is 1.52. The van der Waals surface area contributed by atoms with Crippen LogP contribution in [0, 0.1) is 0 Å². The molecule has 0 radical (unpaired) electrons. The maximum Gasteiger partial charge on any atom is 0.270 e. The first-order valence-electron chi connectivity index (χ1n) is 6.51. The Morgan fingerprint density at radius 2 is 2.00 bits per heavy atom. The first-order chi connectivity index (χ1) is 10.2. The summed E-state index contributed by atoms with van der Waals surface area (Å²) in [6.07, 6.45) is 1.59. The van der Waals surface area contributed by atoms with Crippen molar-refractivity contribution in [3.05, 3.63) is 52.3 Å². The summed E-state index contributed by atoms with van der Waals surface area (Å²) < 4.78 is 11.8. The van der Waals surface area contributed by atoms with Gasteiger partial charge in [-0.25, -0.2) is 0 Å². The Kier molecular flexibility index (Phi) is 4.06. The third kappa shape index (κ3) is 3.33. The third-order valence-corrected chi connectivity index (χ3v) is 3.51. The van der Waals surface area contributed by atoms with Gasteiger partial charge in [0.05, 0.1) is 0 Å². The molecule has 2 aromatic rings. The van der Waals surface area contributed by atoms with Gasteiger partial charge >= 0.3 is 0 Å². The molecule has 1 aromatic heterocycles. The zero-order valence-electron chi connectivity index (χ0n) is 11.1. The Bertz CT molecular complexity index is 676. The maximum absolute atomic E-state index is 12.0. The van der Waals surface area contributed by atoms with Crippen LogP contribution in [-0.4, -0.2) is 24.1 Å². The first-order valence-corrected chi connectivity index (χ1v) is 7.30. The molecule has 0 saturated carbocycles. The normalized spacial score (nSPS) is 12.8. The highest BCUT2D eigenvalue weighted by atomic mass is 79.9. The van der Waals surface area contributed by atoms with Crippen molar-refractivity contribution in [3.8, 4) is 11.5 Å². The fraction of sp³-hybridized carbons (Fsp3) is 0.200. The number of nitrogens with one attached hydrogen (secondary N) is 1. The molecule has 21 heavy (non-hydrogen) atoms. The van der Waals surface area contributed by atoms with Crippen LogP contribution in [0.2, 0.25) is 0 Å². The molecule has 0 atom stereocenters. The molecule has 0 fully saturated rings. The second-order valence-electron chi connectivity index (χ2n) is 4.52. The van der Waals surface area contributed by atoms with E-state index in [9.17, 15) is 4.79 Å². The smallest absolute Gasteiger partial charge is 0.270 e. The standard InChI is InChI=1S/C15H13BrN2O3/c16-11-3-4-17-12(8-11)15(19)18-9-10-1-2-13-14(7-10)21-6-5-20-13/h1-4,7-8H,5-6,9H2,(H,18,19). The molecule has 1 amide bonds. The van der Waals surface area contributed by atoms with Crippen molar-refractivity contribution >= 4 is 21.8 Å². The molecular formula is C15H13BrN2O3. The maximum atomic E-state index is 12.0. The van der Waals surface area contributed by atoms with Gasteiger partial charge in [-0.2, -0.15) is 0 Å². The summed E-state index contributed by atoms with van der Waals surface area (Å²) in [7, 11) is 0. The molecule has 0 unspecified atom stereocenters. The summed E-state index contributed by atoms with van der Waals surface area (Å²) in [4.78, 5) is 16.0. The second kappa shape index (κ2) is 6.13. The number of benzene rings is 1. The molecule has 1 aliphatic heterocycles. The number of pyridine rings is 1. The van der Waals surface area contributed by atoms with Gasteiger partial charge < -0.3 is 14.8 Å². The molecule has 2 heterocycles. The molecule has 0 aliphatic carbocycles. The van der Waals surface area contributed by atoms with Crippen molar-refractivity contribution in [3.63, 3.8) is 0 Å². The van der Waals surface area contributed by atoms with E-state index < -0.39 is 0 Å². The Hall–Kier alpha value is -2.08.